The van der Waals surface area contributed by atoms with E-state index in [0.29, 0.717) is 25.2 Å². The Bertz CT molecular complexity index is 614. The molecular formula is C21H35IO4Si. The lowest BCUT2D eigenvalue weighted by molar-refractivity contribution is -0.133. The fraction of sp³-hybridized carbons (Fsp3) is 0.810. The lowest BCUT2D eigenvalue weighted by Gasteiger charge is -2.45. The maximum atomic E-state index is 12.7. The molecule has 4 nitrogen and oxygen atoms in total. The monoisotopic (exact) mass is 506 g/mol. The number of ether oxygens (including phenoxy) is 1. The van der Waals surface area contributed by atoms with Gasteiger partial charge in [0.1, 0.15) is 5.78 Å². The summed E-state index contributed by atoms with van der Waals surface area (Å²) in [5.41, 5.74) is -0.501. The molecule has 0 aromatic carbocycles. The van der Waals surface area contributed by atoms with Crippen LogP contribution in [0, 0.1) is 22.7 Å². The van der Waals surface area contributed by atoms with Gasteiger partial charge in [0.05, 0.1) is 7.11 Å². The van der Waals surface area contributed by atoms with Crippen LogP contribution in [-0.4, -0.2) is 38.2 Å². The molecule has 0 aromatic rings. The molecule has 1 aliphatic carbocycles. The van der Waals surface area contributed by atoms with E-state index in [1.165, 1.54) is 7.11 Å². The van der Waals surface area contributed by atoms with Gasteiger partial charge in [-0.3, -0.25) is 4.79 Å². The van der Waals surface area contributed by atoms with Crippen molar-refractivity contribution in [3.63, 3.8) is 0 Å². The van der Waals surface area contributed by atoms with Crippen LogP contribution in [0.4, 0.5) is 0 Å². The number of methoxy groups -OCH3 is 1. The largest absolute Gasteiger partial charge is 0.459 e. The highest BCUT2D eigenvalue weighted by Gasteiger charge is 2.56. The van der Waals surface area contributed by atoms with Crippen LogP contribution >= 0.6 is 22.6 Å². The second-order valence-electron chi connectivity index (χ2n) is 9.37. The van der Waals surface area contributed by atoms with Gasteiger partial charge in [-0.15, -0.1) is 0 Å². The number of unbranched alkanes of at least 4 members (excludes halogenated alkanes) is 1. The van der Waals surface area contributed by atoms with E-state index in [9.17, 15) is 9.59 Å². The minimum Gasteiger partial charge on any atom is -0.459 e. The maximum absolute atomic E-state index is 12.7. The average molecular weight is 506 g/mol. The Morgan fingerprint density at radius 1 is 1.33 bits per heavy atom. The lowest BCUT2D eigenvalue weighted by Crippen LogP contribution is -2.49. The van der Waals surface area contributed by atoms with Gasteiger partial charge in [0.15, 0.2) is 8.32 Å². The van der Waals surface area contributed by atoms with E-state index in [1.54, 1.807) is 0 Å². The van der Waals surface area contributed by atoms with Crippen LogP contribution in [-0.2, 0) is 18.8 Å². The number of hydrogen-bond donors (Lipinski definition) is 0. The normalized spacial score (nSPS) is 25.9. The predicted molar refractivity (Wildman–Crippen MR) is 120 cm³/mol. The smallest absolute Gasteiger partial charge is 0.384 e. The van der Waals surface area contributed by atoms with E-state index in [1.807, 2.05) is 0 Å². The summed E-state index contributed by atoms with van der Waals surface area (Å²) in [7, 11) is -0.560. The highest BCUT2D eigenvalue weighted by molar-refractivity contribution is 14.1. The molecule has 0 bridgehead atoms. The minimum absolute atomic E-state index is 0.142. The van der Waals surface area contributed by atoms with Crippen molar-refractivity contribution in [2.75, 3.05) is 18.1 Å². The molecule has 1 saturated carbocycles. The molecule has 0 unspecified atom stereocenters. The number of halogens is 1. The zero-order valence-electron chi connectivity index (χ0n) is 18.0. The number of hydrogen-bond acceptors (Lipinski definition) is 4. The number of carbonyl (C=O) groups excluding carboxylic acids is 2. The average Bonchev–Trinajstić information content (AvgIpc) is 2.84. The summed E-state index contributed by atoms with van der Waals surface area (Å²) in [6.07, 6.45) is 3.88. The van der Waals surface area contributed by atoms with Crippen LogP contribution in [0.2, 0.25) is 18.1 Å². The Morgan fingerprint density at radius 3 is 2.48 bits per heavy atom. The van der Waals surface area contributed by atoms with Gasteiger partial charge in [-0.2, -0.15) is 0 Å². The van der Waals surface area contributed by atoms with Crippen molar-refractivity contribution in [2.45, 2.75) is 77.9 Å². The highest BCUT2D eigenvalue weighted by atomic mass is 127. The van der Waals surface area contributed by atoms with E-state index in [4.69, 9.17) is 4.43 Å². The Labute approximate surface area is 179 Å². The second kappa shape index (κ2) is 9.40. The Morgan fingerprint density at radius 2 is 1.96 bits per heavy atom. The number of alkyl halides is 1. The van der Waals surface area contributed by atoms with E-state index in [-0.39, 0.29) is 15.9 Å². The van der Waals surface area contributed by atoms with Crippen molar-refractivity contribution >= 4 is 42.7 Å². The molecule has 0 N–H and O–H groups in total. The standard InChI is InChI=1S/C21H35IO4Si/c1-19(2,3)27(6,7)26-16-21(13-10-8-9-11-18(24)25-5)14-12-17(23)20(21,4)15-22/h8,10,12-16H2,1-7H3/t20-,21+/m0/s1. The third-order valence-corrected chi connectivity index (χ3v) is 12.7. The van der Waals surface area contributed by atoms with Gasteiger partial charge < -0.3 is 9.16 Å². The zero-order valence-corrected chi connectivity index (χ0v) is 21.1. The summed E-state index contributed by atoms with van der Waals surface area (Å²) in [5.74, 6) is 5.23. The summed E-state index contributed by atoms with van der Waals surface area (Å²) >= 11 is 2.35. The SMILES string of the molecule is COC(=O)C#CCCC[C@]1(CO[Si](C)(C)C(C)(C)C)CCC(=O)[C@]1(C)CI. The summed E-state index contributed by atoms with van der Waals surface area (Å²) < 4.78 is 12.0. The molecule has 6 heteroatoms. The number of ketones is 1. The van der Waals surface area contributed by atoms with Crippen LogP contribution < -0.4 is 0 Å². The van der Waals surface area contributed by atoms with Crippen molar-refractivity contribution in [1.29, 1.82) is 0 Å². The first-order valence-electron chi connectivity index (χ1n) is 9.65. The van der Waals surface area contributed by atoms with E-state index < -0.39 is 14.3 Å². The predicted octanol–water partition coefficient (Wildman–Crippen LogP) is 5.15. The topological polar surface area (TPSA) is 52.6 Å². The van der Waals surface area contributed by atoms with E-state index in [0.717, 1.165) is 23.7 Å². The van der Waals surface area contributed by atoms with Crippen LogP contribution in [0.3, 0.4) is 0 Å². The molecule has 0 saturated heterocycles. The maximum Gasteiger partial charge on any atom is 0.384 e. The lowest BCUT2D eigenvalue weighted by atomic mass is 9.65. The molecule has 27 heavy (non-hydrogen) atoms. The molecule has 0 amide bonds. The van der Waals surface area contributed by atoms with Crippen molar-refractivity contribution in [3.05, 3.63) is 0 Å². The molecule has 0 heterocycles. The molecule has 1 rings (SSSR count). The molecule has 1 aliphatic rings. The molecular weight excluding hydrogens is 471 g/mol. The molecule has 0 radical (unpaired) electrons. The van der Waals surface area contributed by atoms with Crippen molar-refractivity contribution in [1.82, 2.24) is 0 Å². The highest BCUT2D eigenvalue weighted by Crippen LogP contribution is 2.55. The van der Waals surface area contributed by atoms with Gasteiger partial charge in [-0.1, -0.05) is 56.2 Å². The van der Waals surface area contributed by atoms with Crippen molar-refractivity contribution in [2.24, 2.45) is 10.8 Å². The van der Waals surface area contributed by atoms with Crippen molar-refractivity contribution in [3.8, 4) is 11.8 Å². The molecule has 0 aromatic heterocycles. The third kappa shape index (κ3) is 5.57. The van der Waals surface area contributed by atoms with Gasteiger partial charge in [0.25, 0.3) is 0 Å². The molecule has 0 spiro atoms. The Kier molecular flexibility index (Phi) is 8.58. The fourth-order valence-corrected chi connectivity index (χ4v) is 5.66. The van der Waals surface area contributed by atoms with Gasteiger partial charge in [0.2, 0.25) is 0 Å². The molecule has 1 fully saturated rings. The number of esters is 1. The Balaban J connectivity index is 2.96. The summed E-state index contributed by atoms with van der Waals surface area (Å²) in [4.78, 5) is 23.9. The first-order chi connectivity index (χ1) is 12.4. The fourth-order valence-electron chi connectivity index (χ4n) is 3.36. The molecule has 154 valence electrons. The summed E-state index contributed by atoms with van der Waals surface area (Å²) in [5, 5.41) is 0.142. The number of rotatable bonds is 7. The van der Waals surface area contributed by atoms with Crippen LogP contribution in [0.5, 0.6) is 0 Å². The zero-order chi connectivity index (χ0) is 20.9. The summed E-state index contributed by atoms with van der Waals surface area (Å²) in [6.45, 7) is 14.0. The van der Waals surface area contributed by atoms with Gasteiger partial charge in [-0.25, -0.2) is 4.79 Å². The Hall–Kier alpha value is -0.393. The summed E-state index contributed by atoms with van der Waals surface area (Å²) in [6, 6.07) is 0. The van der Waals surface area contributed by atoms with Crippen molar-refractivity contribution < 1.29 is 18.8 Å². The van der Waals surface area contributed by atoms with Crippen LogP contribution in [0.1, 0.15) is 59.8 Å². The second-order valence-corrected chi connectivity index (χ2v) is 14.9. The van der Waals surface area contributed by atoms with E-state index in [2.05, 4.69) is 80.0 Å². The van der Waals surface area contributed by atoms with Gasteiger partial charge in [-0.05, 0) is 37.4 Å². The quantitative estimate of drug-likeness (QED) is 0.0912. The molecule has 0 aliphatic heterocycles. The minimum atomic E-state index is -1.89. The van der Waals surface area contributed by atoms with Crippen LogP contribution in [0.25, 0.3) is 0 Å². The number of carbonyl (C=O) groups is 2. The van der Waals surface area contributed by atoms with Gasteiger partial charge >= 0.3 is 5.97 Å². The first kappa shape index (κ1) is 24.6. The van der Waals surface area contributed by atoms with E-state index >= 15 is 0 Å². The first-order valence-corrected chi connectivity index (χ1v) is 14.1. The van der Waals surface area contributed by atoms with Crippen LogP contribution in [0.15, 0.2) is 0 Å². The number of Topliss-reactive ketones (excluding diaryl/α,β-unsaturated/α-hetero) is 1. The molecule has 2 atom stereocenters. The third-order valence-electron chi connectivity index (χ3n) is 6.73. The van der Waals surface area contributed by atoms with Gasteiger partial charge in [0, 0.05) is 40.6 Å².